The molecule has 1 aliphatic carbocycles. The van der Waals surface area contributed by atoms with Gasteiger partial charge in [-0.2, -0.15) is 0 Å². The van der Waals surface area contributed by atoms with Crippen LogP contribution in [0.5, 0.6) is 0 Å². The van der Waals surface area contributed by atoms with Gasteiger partial charge >= 0.3 is 5.97 Å². The second-order valence-electron chi connectivity index (χ2n) is 5.63. The Morgan fingerprint density at radius 2 is 1.80 bits per heavy atom. The van der Waals surface area contributed by atoms with E-state index in [0.29, 0.717) is 6.54 Å². The number of carbonyl (C=O) groups excluding carboxylic acids is 1. The van der Waals surface area contributed by atoms with Gasteiger partial charge in [0.15, 0.2) is 0 Å². The van der Waals surface area contributed by atoms with E-state index in [0.717, 1.165) is 25.2 Å². The SMILES string of the molecule is CCCN(CC(=O)O)CC(=O)NC1CCC(C)CC1.Cl. The van der Waals surface area contributed by atoms with Gasteiger partial charge in [-0.15, -0.1) is 12.4 Å². The smallest absolute Gasteiger partial charge is 0.317 e. The number of halogens is 1. The van der Waals surface area contributed by atoms with Crippen LogP contribution in [0.25, 0.3) is 0 Å². The number of nitrogens with zero attached hydrogens (tertiary/aromatic N) is 1. The molecule has 0 aliphatic heterocycles. The minimum atomic E-state index is -0.882. The summed E-state index contributed by atoms with van der Waals surface area (Å²) in [7, 11) is 0. The molecule has 5 nitrogen and oxygen atoms in total. The highest BCUT2D eigenvalue weighted by Gasteiger charge is 2.21. The molecule has 1 amide bonds. The Morgan fingerprint density at radius 3 is 2.30 bits per heavy atom. The maximum absolute atomic E-state index is 11.9. The summed E-state index contributed by atoms with van der Waals surface area (Å²) in [5.41, 5.74) is 0. The molecule has 1 fully saturated rings. The molecule has 0 bridgehead atoms. The molecule has 0 saturated heterocycles. The Morgan fingerprint density at radius 1 is 1.20 bits per heavy atom. The molecule has 20 heavy (non-hydrogen) atoms. The lowest BCUT2D eigenvalue weighted by Crippen LogP contribution is -2.44. The van der Waals surface area contributed by atoms with Crippen LogP contribution in [-0.2, 0) is 9.59 Å². The Hall–Kier alpha value is -0.810. The van der Waals surface area contributed by atoms with Gasteiger partial charge in [0.25, 0.3) is 0 Å². The zero-order valence-corrected chi connectivity index (χ0v) is 13.2. The van der Waals surface area contributed by atoms with E-state index in [4.69, 9.17) is 5.11 Å². The van der Waals surface area contributed by atoms with E-state index in [1.165, 1.54) is 12.8 Å². The predicted octanol–water partition coefficient (Wildman–Crippen LogP) is 1.90. The van der Waals surface area contributed by atoms with Gasteiger partial charge in [0, 0.05) is 6.04 Å². The number of hydrogen-bond donors (Lipinski definition) is 2. The fraction of sp³-hybridized carbons (Fsp3) is 0.857. The summed E-state index contributed by atoms with van der Waals surface area (Å²) >= 11 is 0. The molecule has 0 aromatic carbocycles. The average molecular weight is 307 g/mol. The van der Waals surface area contributed by atoms with Gasteiger partial charge in [0.2, 0.25) is 5.91 Å². The number of amides is 1. The molecule has 0 aromatic heterocycles. The summed E-state index contributed by atoms with van der Waals surface area (Å²) in [6.07, 6.45) is 5.26. The van der Waals surface area contributed by atoms with Gasteiger partial charge in [-0.3, -0.25) is 14.5 Å². The van der Waals surface area contributed by atoms with Crippen molar-refractivity contribution in [2.24, 2.45) is 5.92 Å². The quantitative estimate of drug-likeness (QED) is 0.754. The van der Waals surface area contributed by atoms with Crippen LogP contribution in [0.4, 0.5) is 0 Å². The van der Waals surface area contributed by atoms with Crippen LogP contribution < -0.4 is 5.32 Å². The van der Waals surface area contributed by atoms with Crippen molar-refractivity contribution >= 4 is 24.3 Å². The number of aliphatic carboxylic acids is 1. The standard InChI is InChI=1S/C14H26N2O3.ClH/c1-3-8-16(10-14(18)19)9-13(17)15-12-6-4-11(2)5-7-12;/h11-12H,3-10H2,1-2H3,(H,15,17)(H,18,19);1H. The first-order valence-electron chi connectivity index (χ1n) is 7.24. The van der Waals surface area contributed by atoms with Crippen molar-refractivity contribution in [3.05, 3.63) is 0 Å². The van der Waals surface area contributed by atoms with Crippen molar-refractivity contribution in [3.8, 4) is 0 Å². The fourth-order valence-electron chi connectivity index (χ4n) is 2.60. The molecule has 0 aromatic rings. The van der Waals surface area contributed by atoms with Gasteiger partial charge in [-0.1, -0.05) is 13.8 Å². The van der Waals surface area contributed by atoms with E-state index < -0.39 is 5.97 Å². The Labute approximate surface area is 127 Å². The van der Waals surface area contributed by atoms with E-state index in [9.17, 15) is 9.59 Å². The molecule has 1 saturated carbocycles. The molecule has 0 spiro atoms. The van der Waals surface area contributed by atoms with Crippen LogP contribution in [-0.4, -0.2) is 47.6 Å². The Kier molecular flexibility index (Phi) is 9.59. The number of carboxylic acids is 1. The van der Waals surface area contributed by atoms with Crippen molar-refractivity contribution in [2.75, 3.05) is 19.6 Å². The third kappa shape index (κ3) is 7.70. The van der Waals surface area contributed by atoms with Gasteiger partial charge in [-0.05, 0) is 44.6 Å². The summed E-state index contributed by atoms with van der Waals surface area (Å²) in [4.78, 5) is 24.3. The molecule has 2 N–H and O–H groups in total. The monoisotopic (exact) mass is 306 g/mol. The Bertz CT molecular complexity index is 305. The van der Waals surface area contributed by atoms with E-state index >= 15 is 0 Å². The minimum Gasteiger partial charge on any atom is -0.480 e. The molecule has 6 heteroatoms. The summed E-state index contributed by atoms with van der Waals surface area (Å²) in [6, 6.07) is 0.275. The molecule has 118 valence electrons. The number of nitrogens with one attached hydrogen (secondary N) is 1. The van der Waals surface area contributed by atoms with Crippen molar-refractivity contribution in [1.29, 1.82) is 0 Å². The maximum atomic E-state index is 11.9. The van der Waals surface area contributed by atoms with E-state index in [1.54, 1.807) is 4.90 Å². The summed E-state index contributed by atoms with van der Waals surface area (Å²) in [6.45, 7) is 4.99. The summed E-state index contributed by atoms with van der Waals surface area (Å²) in [5, 5.41) is 11.8. The second-order valence-corrected chi connectivity index (χ2v) is 5.63. The van der Waals surface area contributed by atoms with Gasteiger partial charge in [-0.25, -0.2) is 0 Å². The van der Waals surface area contributed by atoms with Crippen LogP contribution in [0.1, 0.15) is 46.0 Å². The van der Waals surface area contributed by atoms with Crippen LogP contribution >= 0.6 is 12.4 Å². The summed E-state index contributed by atoms with van der Waals surface area (Å²) in [5.74, 6) is -0.168. The molecule has 0 unspecified atom stereocenters. The van der Waals surface area contributed by atoms with E-state index in [2.05, 4.69) is 12.2 Å². The highest BCUT2D eigenvalue weighted by Crippen LogP contribution is 2.23. The van der Waals surface area contributed by atoms with Crippen molar-refractivity contribution < 1.29 is 14.7 Å². The average Bonchev–Trinajstić information content (AvgIpc) is 2.31. The Balaban J connectivity index is 0.00000361. The molecule has 0 atom stereocenters. The minimum absolute atomic E-state index is 0. The molecular formula is C14H27ClN2O3. The normalized spacial score (nSPS) is 22.1. The van der Waals surface area contributed by atoms with Crippen molar-refractivity contribution in [3.63, 3.8) is 0 Å². The van der Waals surface area contributed by atoms with E-state index in [1.807, 2.05) is 6.92 Å². The lowest BCUT2D eigenvalue weighted by Gasteiger charge is -2.28. The molecule has 0 radical (unpaired) electrons. The first-order chi connectivity index (χ1) is 9.01. The third-order valence-corrected chi connectivity index (χ3v) is 3.65. The lowest BCUT2D eigenvalue weighted by molar-refractivity contribution is -0.138. The zero-order chi connectivity index (χ0) is 14.3. The number of rotatable bonds is 7. The van der Waals surface area contributed by atoms with Crippen LogP contribution in [0.15, 0.2) is 0 Å². The summed E-state index contributed by atoms with van der Waals surface area (Å²) < 4.78 is 0. The van der Waals surface area contributed by atoms with Crippen molar-refractivity contribution in [1.82, 2.24) is 10.2 Å². The third-order valence-electron chi connectivity index (χ3n) is 3.65. The highest BCUT2D eigenvalue weighted by atomic mass is 35.5. The highest BCUT2D eigenvalue weighted by molar-refractivity contribution is 5.85. The zero-order valence-electron chi connectivity index (χ0n) is 12.4. The lowest BCUT2D eigenvalue weighted by atomic mass is 9.87. The van der Waals surface area contributed by atoms with Crippen LogP contribution in [0.2, 0.25) is 0 Å². The maximum Gasteiger partial charge on any atom is 0.317 e. The molecule has 1 rings (SSSR count). The fourth-order valence-corrected chi connectivity index (χ4v) is 2.60. The molecular weight excluding hydrogens is 280 g/mol. The van der Waals surface area contributed by atoms with E-state index in [-0.39, 0.29) is 37.4 Å². The van der Waals surface area contributed by atoms with Gasteiger partial charge < -0.3 is 10.4 Å². The van der Waals surface area contributed by atoms with Gasteiger partial charge in [0.05, 0.1) is 13.1 Å². The first-order valence-corrected chi connectivity index (χ1v) is 7.24. The van der Waals surface area contributed by atoms with Crippen LogP contribution in [0.3, 0.4) is 0 Å². The number of hydrogen-bond acceptors (Lipinski definition) is 3. The number of carboxylic acid groups (broad SMARTS) is 1. The van der Waals surface area contributed by atoms with Crippen molar-refractivity contribution in [2.45, 2.75) is 52.0 Å². The topological polar surface area (TPSA) is 69.6 Å². The number of carbonyl (C=O) groups is 2. The largest absolute Gasteiger partial charge is 0.480 e. The second kappa shape index (κ2) is 10.00. The molecule has 0 heterocycles. The van der Waals surface area contributed by atoms with Gasteiger partial charge in [0.1, 0.15) is 0 Å². The molecule has 1 aliphatic rings. The van der Waals surface area contributed by atoms with Crippen LogP contribution in [0, 0.1) is 5.92 Å². The first kappa shape index (κ1) is 19.2. The predicted molar refractivity (Wildman–Crippen MR) is 81.2 cm³/mol.